The number of benzene rings is 1. The van der Waals surface area contributed by atoms with E-state index in [2.05, 4.69) is 0 Å². The molecular weight excluding hydrogens is 184 g/mol. The van der Waals surface area contributed by atoms with Crippen molar-refractivity contribution in [1.82, 2.24) is 0 Å². The van der Waals surface area contributed by atoms with Gasteiger partial charge in [0.05, 0.1) is 5.02 Å². The number of allylic oxidation sites excluding steroid dienone is 2. The first-order valence-corrected chi connectivity index (χ1v) is 4.46. The molecule has 0 aliphatic carbocycles. The van der Waals surface area contributed by atoms with Gasteiger partial charge in [0, 0.05) is 5.56 Å². The number of rotatable bonds is 2. The van der Waals surface area contributed by atoms with Crippen LogP contribution in [0.2, 0.25) is 5.02 Å². The topological polar surface area (TPSA) is 17.1 Å². The Bertz CT molecular complexity index is 333. The van der Waals surface area contributed by atoms with Gasteiger partial charge in [-0.25, -0.2) is 0 Å². The van der Waals surface area contributed by atoms with Gasteiger partial charge in [0.2, 0.25) is 0 Å². The Kier molecular flexibility index (Phi) is 3.26. The highest BCUT2D eigenvalue weighted by Crippen LogP contribution is 2.20. The van der Waals surface area contributed by atoms with Gasteiger partial charge in [-0.2, -0.15) is 0 Å². The van der Waals surface area contributed by atoms with Gasteiger partial charge >= 0.3 is 0 Å². The van der Waals surface area contributed by atoms with Crippen LogP contribution < -0.4 is 0 Å². The minimum absolute atomic E-state index is 0.0365. The molecule has 0 amide bonds. The molecule has 0 unspecified atom stereocenters. The Morgan fingerprint density at radius 1 is 1.46 bits per heavy atom. The van der Waals surface area contributed by atoms with Crippen LogP contribution in [0.1, 0.15) is 22.8 Å². The van der Waals surface area contributed by atoms with Crippen LogP contribution in [0, 0.1) is 6.92 Å². The number of ketones is 1. The van der Waals surface area contributed by atoms with Crippen LogP contribution >= 0.6 is 11.6 Å². The van der Waals surface area contributed by atoms with Crippen LogP contribution in [0.15, 0.2) is 30.4 Å². The van der Waals surface area contributed by atoms with E-state index in [9.17, 15) is 4.79 Å². The Labute approximate surface area is 83.0 Å². The van der Waals surface area contributed by atoms with Crippen LogP contribution in [-0.2, 0) is 0 Å². The highest BCUT2D eigenvalue weighted by Gasteiger charge is 2.09. The molecule has 0 radical (unpaired) electrons. The first-order chi connectivity index (χ1) is 6.16. The summed E-state index contributed by atoms with van der Waals surface area (Å²) in [4.78, 5) is 11.5. The van der Waals surface area contributed by atoms with Gasteiger partial charge < -0.3 is 0 Å². The van der Waals surface area contributed by atoms with E-state index in [0.29, 0.717) is 10.6 Å². The summed E-state index contributed by atoms with van der Waals surface area (Å²) in [6.07, 6.45) is 3.24. The monoisotopic (exact) mass is 194 g/mol. The molecule has 0 atom stereocenters. The SMILES string of the molecule is CC=CC(=O)c1c(C)cccc1Cl. The van der Waals surface area contributed by atoms with Gasteiger partial charge in [0.1, 0.15) is 0 Å². The maximum atomic E-state index is 11.5. The van der Waals surface area contributed by atoms with E-state index in [1.54, 1.807) is 12.1 Å². The summed E-state index contributed by atoms with van der Waals surface area (Å²) in [7, 11) is 0. The zero-order valence-electron chi connectivity index (χ0n) is 7.67. The van der Waals surface area contributed by atoms with Gasteiger partial charge in [0.25, 0.3) is 0 Å². The Morgan fingerprint density at radius 3 is 2.69 bits per heavy atom. The molecule has 0 spiro atoms. The van der Waals surface area contributed by atoms with E-state index in [4.69, 9.17) is 11.6 Å². The largest absolute Gasteiger partial charge is 0.289 e. The summed E-state index contributed by atoms with van der Waals surface area (Å²) < 4.78 is 0. The maximum Gasteiger partial charge on any atom is 0.187 e. The molecule has 2 heteroatoms. The molecule has 0 N–H and O–H groups in total. The van der Waals surface area contributed by atoms with Gasteiger partial charge in [-0.1, -0.05) is 29.8 Å². The molecule has 1 nitrogen and oxygen atoms in total. The van der Waals surface area contributed by atoms with Crippen molar-refractivity contribution in [2.45, 2.75) is 13.8 Å². The number of aryl methyl sites for hydroxylation is 1. The molecule has 68 valence electrons. The molecule has 0 aliphatic rings. The summed E-state index contributed by atoms with van der Waals surface area (Å²) >= 11 is 5.91. The van der Waals surface area contributed by atoms with Crippen LogP contribution in [0.5, 0.6) is 0 Å². The second-order valence-corrected chi connectivity index (χ2v) is 3.20. The zero-order valence-corrected chi connectivity index (χ0v) is 8.43. The smallest absolute Gasteiger partial charge is 0.187 e. The molecule has 0 aliphatic heterocycles. The number of hydrogen-bond acceptors (Lipinski definition) is 1. The molecule has 0 bridgehead atoms. The predicted octanol–water partition coefficient (Wildman–Crippen LogP) is 3.41. The Hall–Kier alpha value is -1.08. The predicted molar refractivity (Wildman–Crippen MR) is 55.3 cm³/mol. The Balaban J connectivity index is 3.20. The van der Waals surface area contributed by atoms with E-state index in [1.165, 1.54) is 6.08 Å². The number of hydrogen-bond donors (Lipinski definition) is 0. The van der Waals surface area contributed by atoms with E-state index in [-0.39, 0.29) is 5.78 Å². The number of carbonyl (C=O) groups excluding carboxylic acids is 1. The van der Waals surface area contributed by atoms with Crippen molar-refractivity contribution in [2.75, 3.05) is 0 Å². The number of halogens is 1. The summed E-state index contributed by atoms with van der Waals surface area (Å²) in [6, 6.07) is 5.44. The van der Waals surface area contributed by atoms with E-state index in [1.807, 2.05) is 26.0 Å². The number of carbonyl (C=O) groups is 1. The zero-order chi connectivity index (χ0) is 9.84. The average Bonchev–Trinajstić information content (AvgIpc) is 2.04. The third kappa shape index (κ3) is 2.19. The van der Waals surface area contributed by atoms with Crippen LogP contribution in [0.3, 0.4) is 0 Å². The van der Waals surface area contributed by atoms with Crippen molar-refractivity contribution in [1.29, 1.82) is 0 Å². The van der Waals surface area contributed by atoms with Crippen LogP contribution in [0.25, 0.3) is 0 Å². The van der Waals surface area contributed by atoms with E-state index >= 15 is 0 Å². The molecule has 13 heavy (non-hydrogen) atoms. The fourth-order valence-corrected chi connectivity index (χ4v) is 1.49. The third-order valence-electron chi connectivity index (χ3n) is 1.79. The van der Waals surface area contributed by atoms with Crippen molar-refractivity contribution >= 4 is 17.4 Å². The minimum atomic E-state index is -0.0365. The van der Waals surface area contributed by atoms with Crippen molar-refractivity contribution in [3.8, 4) is 0 Å². The van der Waals surface area contributed by atoms with Gasteiger partial charge in [-0.05, 0) is 31.6 Å². The lowest BCUT2D eigenvalue weighted by molar-refractivity contribution is 0.104. The van der Waals surface area contributed by atoms with Gasteiger partial charge in [-0.15, -0.1) is 0 Å². The molecule has 0 fully saturated rings. The van der Waals surface area contributed by atoms with E-state index < -0.39 is 0 Å². The summed E-state index contributed by atoms with van der Waals surface area (Å²) in [5.41, 5.74) is 1.51. The second-order valence-electron chi connectivity index (χ2n) is 2.80. The first-order valence-electron chi connectivity index (χ1n) is 4.09. The highest BCUT2D eigenvalue weighted by atomic mass is 35.5. The fourth-order valence-electron chi connectivity index (χ4n) is 1.18. The summed E-state index contributed by atoms with van der Waals surface area (Å²) in [5, 5.41) is 0.517. The normalized spacial score (nSPS) is 10.7. The van der Waals surface area contributed by atoms with Gasteiger partial charge in [0.15, 0.2) is 5.78 Å². The van der Waals surface area contributed by atoms with Crippen molar-refractivity contribution in [2.24, 2.45) is 0 Å². The van der Waals surface area contributed by atoms with Crippen molar-refractivity contribution in [3.63, 3.8) is 0 Å². The molecule has 1 aromatic carbocycles. The third-order valence-corrected chi connectivity index (χ3v) is 2.10. The minimum Gasteiger partial charge on any atom is -0.289 e. The highest BCUT2D eigenvalue weighted by molar-refractivity contribution is 6.34. The molecule has 0 heterocycles. The van der Waals surface area contributed by atoms with Crippen LogP contribution in [0.4, 0.5) is 0 Å². The fraction of sp³-hybridized carbons (Fsp3) is 0.182. The first kappa shape index (κ1) is 10.0. The lowest BCUT2D eigenvalue weighted by atomic mass is 10.0. The second kappa shape index (κ2) is 4.24. The lowest BCUT2D eigenvalue weighted by Gasteiger charge is -2.03. The molecular formula is C11H11ClO. The average molecular weight is 195 g/mol. The van der Waals surface area contributed by atoms with Crippen LogP contribution in [-0.4, -0.2) is 5.78 Å². The van der Waals surface area contributed by atoms with Crippen molar-refractivity contribution in [3.05, 3.63) is 46.5 Å². The quantitative estimate of drug-likeness (QED) is 0.521. The summed E-state index contributed by atoms with van der Waals surface area (Å²) in [5.74, 6) is -0.0365. The lowest BCUT2D eigenvalue weighted by Crippen LogP contribution is -1.98. The molecule has 1 rings (SSSR count). The maximum absolute atomic E-state index is 11.5. The van der Waals surface area contributed by atoms with E-state index in [0.717, 1.165) is 5.56 Å². The molecule has 0 saturated heterocycles. The summed E-state index contributed by atoms with van der Waals surface area (Å²) in [6.45, 7) is 3.69. The molecule has 0 saturated carbocycles. The standard InChI is InChI=1S/C11H11ClO/c1-3-5-10(13)11-8(2)6-4-7-9(11)12/h3-7H,1-2H3. The molecule has 0 aromatic heterocycles. The van der Waals surface area contributed by atoms with Crippen molar-refractivity contribution < 1.29 is 4.79 Å². The Morgan fingerprint density at radius 2 is 2.15 bits per heavy atom. The molecule has 1 aromatic rings. The van der Waals surface area contributed by atoms with Gasteiger partial charge in [-0.3, -0.25) is 4.79 Å².